The number of hydrogen-bond donors (Lipinski definition) is 0. The van der Waals surface area contributed by atoms with Crippen LogP contribution in [-0.2, 0) is 6.42 Å². The number of amides is 1. The van der Waals surface area contributed by atoms with Crippen molar-refractivity contribution in [1.82, 2.24) is 9.88 Å². The van der Waals surface area contributed by atoms with E-state index in [1.807, 2.05) is 24.0 Å². The van der Waals surface area contributed by atoms with Gasteiger partial charge in [0.2, 0.25) is 0 Å². The summed E-state index contributed by atoms with van der Waals surface area (Å²) in [5.74, 6) is 0.0983. The van der Waals surface area contributed by atoms with Gasteiger partial charge in [0.05, 0.1) is 11.6 Å². The number of nitrogens with zero attached hydrogens (tertiary/aromatic N) is 2. The van der Waals surface area contributed by atoms with E-state index in [4.69, 9.17) is 0 Å². The third-order valence-corrected chi connectivity index (χ3v) is 4.90. The number of thiophene rings is 1. The zero-order chi connectivity index (χ0) is 14.1. The summed E-state index contributed by atoms with van der Waals surface area (Å²) in [6.07, 6.45) is 3.61. The van der Waals surface area contributed by atoms with Crippen molar-refractivity contribution in [3.8, 4) is 0 Å². The van der Waals surface area contributed by atoms with E-state index in [-0.39, 0.29) is 11.9 Å². The molecule has 1 amide bonds. The van der Waals surface area contributed by atoms with Gasteiger partial charge in [0, 0.05) is 23.3 Å². The number of carbonyl (C=O) groups is 1. The largest absolute Gasteiger partial charge is 0.331 e. The molecule has 0 fully saturated rings. The Morgan fingerprint density at radius 1 is 1.45 bits per heavy atom. The second kappa shape index (κ2) is 5.37. The molecule has 0 saturated carbocycles. The summed E-state index contributed by atoms with van der Waals surface area (Å²) in [4.78, 5) is 20.4. The average molecular weight is 286 g/mol. The molecule has 0 bridgehead atoms. The number of carbonyl (C=O) groups excluding carboxylic acids is 1. The minimum Gasteiger partial charge on any atom is -0.331 e. The summed E-state index contributed by atoms with van der Waals surface area (Å²) in [7, 11) is 0. The van der Waals surface area contributed by atoms with E-state index in [9.17, 15) is 4.79 Å². The van der Waals surface area contributed by atoms with Gasteiger partial charge in [-0.2, -0.15) is 0 Å². The lowest BCUT2D eigenvalue weighted by molar-refractivity contribution is 0.0657. The smallest absolute Gasteiger partial charge is 0.255 e. The minimum absolute atomic E-state index is 0.0983. The fraction of sp³-hybridized carbons (Fsp3) is 0.375. The fourth-order valence-electron chi connectivity index (χ4n) is 2.84. The van der Waals surface area contributed by atoms with Crippen LogP contribution in [-0.4, -0.2) is 22.3 Å². The number of rotatable bonds is 2. The quantitative estimate of drug-likeness (QED) is 0.845. The summed E-state index contributed by atoms with van der Waals surface area (Å²) in [6.45, 7) is 4.88. The maximum Gasteiger partial charge on any atom is 0.255 e. The summed E-state index contributed by atoms with van der Waals surface area (Å²) >= 11 is 1.81. The zero-order valence-corrected chi connectivity index (χ0v) is 12.6. The molecule has 1 aliphatic rings. The molecule has 2 aromatic heterocycles. The van der Waals surface area contributed by atoms with Gasteiger partial charge in [0.25, 0.3) is 5.91 Å². The molecule has 0 unspecified atom stereocenters. The molecular weight excluding hydrogens is 268 g/mol. The molecule has 3 rings (SSSR count). The van der Waals surface area contributed by atoms with Crippen LogP contribution in [0.5, 0.6) is 0 Å². The van der Waals surface area contributed by atoms with E-state index >= 15 is 0 Å². The topological polar surface area (TPSA) is 33.2 Å². The Labute approximate surface area is 123 Å². The zero-order valence-electron chi connectivity index (χ0n) is 11.8. The van der Waals surface area contributed by atoms with E-state index in [0.717, 1.165) is 25.1 Å². The van der Waals surface area contributed by atoms with Crippen molar-refractivity contribution in [3.63, 3.8) is 0 Å². The molecule has 104 valence electrons. The molecule has 0 aliphatic carbocycles. The summed E-state index contributed by atoms with van der Waals surface area (Å²) in [5, 5.41) is 2.13. The second-order valence-corrected chi connectivity index (χ2v) is 6.16. The van der Waals surface area contributed by atoms with Crippen LogP contribution in [0.1, 0.15) is 45.9 Å². The van der Waals surface area contributed by atoms with Crippen molar-refractivity contribution >= 4 is 17.2 Å². The Kier molecular flexibility index (Phi) is 3.57. The Hall–Kier alpha value is -1.68. The first kappa shape index (κ1) is 13.3. The van der Waals surface area contributed by atoms with Gasteiger partial charge in [-0.3, -0.25) is 9.78 Å². The van der Waals surface area contributed by atoms with E-state index < -0.39 is 0 Å². The van der Waals surface area contributed by atoms with Gasteiger partial charge in [-0.25, -0.2) is 0 Å². The van der Waals surface area contributed by atoms with Crippen molar-refractivity contribution in [1.29, 1.82) is 0 Å². The van der Waals surface area contributed by atoms with Crippen molar-refractivity contribution in [2.24, 2.45) is 0 Å². The lowest BCUT2D eigenvalue weighted by Gasteiger charge is -2.35. The highest BCUT2D eigenvalue weighted by molar-refractivity contribution is 7.10. The molecule has 0 radical (unpaired) electrons. The molecule has 0 saturated heterocycles. The van der Waals surface area contributed by atoms with E-state index in [1.54, 1.807) is 17.5 Å². The predicted molar refractivity (Wildman–Crippen MR) is 81.1 cm³/mol. The molecule has 0 spiro atoms. The molecule has 20 heavy (non-hydrogen) atoms. The Morgan fingerprint density at radius 2 is 2.30 bits per heavy atom. The summed E-state index contributed by atoms with van der Waals surface area (Å²) < 4.78 is 0. The van der Waals surface area contributed by atoms with Crippen molar-refractivity contribution in [2.75, 3.05) is 6.54 Å². The first-order valence-corrected chi connectivity index (χ1v) is 7.88. The fourth-order valence-corrected chi connectivity index (χ4v) is 3.77. The number of aryl methyl sites for hydroxylation is 1. The van der Waals surface area contributed by atoms with E-state index in [1.165, 1.54) is 10.4 Å². The highest BCUT2D eigenvalue weighted by atomic mass is 32.1. The van der Waals surface area contributed by atoms with Gasteiger partial charge < -0.3 is 4.90 Å². The number of fused-ring (bicyclic) bond motifs is 1. The van der Waals surface area contributed by atoms with Gasteiger partial charge in [0.1, 0.15) is 0 Å². The first-order valence-electron chi connectivity index (χ1n) is 7.00. The highest BCUT2D eigenvalue weighted by Gasteiger charge is 2.30. The molecule has 4 heteroatoms. The molecule has 0 aromatic carbocycles. The second-order valence-electron chi connectivity index (χ2n) is 5.16. The maximum absolute atomic E-state index is 12.7. The van der Waals surface area contributed by atoms with E-state index in [2.05, 4.69) is 23.4 Å². The molecule has 1 atom stereocenters. The third-order valence-electron chi connectivity index (χ3n) is 3.90. The Morgan fingerprint density at radius 3 is 3.00 bits per heavy atom. The molecule has 1 aliphatic heterocycles. The Bertz CT molecular complexity index is 618. The van der Waals surface area contributed by atoms with Crippen LogP contribution in [0.15, 0.2) is 29.8 Å². The van der Waals surface area contributed by atoms with Gasteiger partial charge in [0.15, 0.2) is 0 Å². The summed E-state index contributed by atoms with van der Waals surface area (Å²) in [6, 6.07) is 6.15. The van der Waals surface area contributed by atoms with Gasteiger partial charge in [-0.15, -0.1) is 11.3 Å². The van der Waals surface area contributed by atoms with Gasteiger partial charge >= 0.3 is 0 Å². The van der Waals surface area contributed by atoms with Crippen LogP contribution in [0.25, 0.3) is 0 Å². The monoisotopic (exact) mass is 286 g/mol. The average Bonchev–Trinajstić information content (AvgIpc) is 2.94. The normalized spacial score (nSPS) is 17.9. The molecule has 3 nitrogen and oxygen atoms in total. The highest BCUT2D eigenvalue weighted by Crippen LogP contribution is 2.35. The van der Waals surface area contributed by atoms with Crippen molar-refractivity contribution in [2.45, 2.75) is 32.7 Å². The first-order chi connectivity index (χ1) is 9.70. The molecular formula is C16H18N2OS. The van der Waals surface area contributed by atoms with Crippen LogP contribution < -0.4 is 0 Å². The number of hydrogen-bond acceptors (Lipinski definition) is 3. The third kappa shape index (κ3) is 2.24. The SMILES string of the molecule is CC[C@H]1c2ccsc2CCN1C(=O)c1ccc(C)nc1. The van der Waals surface area contributed by atoms with Crippen LogP contribution in [0.2, 0.25) is 0 Å². The van der Waals surface area contributed by atoms with Crippen LogP contribution in [0.3, 0.4) is 0 Å². The van der Waals surface area contributed by atoms with Crippen molar-refractivity contribution < 1.29 is 4.79 Å². The molecule has 0 N–H and O–H groups in total. The summed E-state index contributed by atoms with van der Waals surface area (Å²) in [5.41, 5.74) is 2.96. The van der Waals surface area contributed by atoms with Gasteiger partial charge in [-0.05, 0) is 48.9 Å². The van der Waals surface area contributed by atoms with Crippen LogP contribution in [0.4, 0.5) is 0 Å². The maximum atomic E-state index is 12.7. The Balaban J connectivity index is 1.90. The van der Waals surface area contributed by atoms with Crippen LogP contribution >= 0.6 is 11.3 Å². The minimum atomic E-state index is 0.0983. The molecule has 2 aromatic rings. The van der Waals surface area contributed by atoms with Crippen molar-refractivity contribution in [3.05, 3.63) is 51.5 Å². The number of aromatic nitrogens is 1. The lowest BCUT2D eigenvalue weighted by atomic mass is 9.97. The lowest BCUT2D eigenvalue weighted by Crippen LogP contribution is -2.39. The number of pyridine rings is 1. The molecule has 3 heterocycles. The predicted octanol–water partition coefficient (Wildman–Crippen LogP) is 3.60. The van der Waals surface area contributed by atoms with Gasteiger partial charge in [-0.1, -0.05) is 6.92 Å². The van der Waals surface area contributed by atoms with Crippen LogP contribution in [0, 0.1) is 6.92 Å². The standard InChI is InChI=1S/C16H18N2OS/c1-3-14-13-7-9-20-15(13)6-8-18(14)16(19)12-5-4-11(2)17-10-12/h4-5,7,9-10,14H,3,6,8H2,1-2H3/t14-/m0/s1. The van der Waals surface area contributed by atoms with E-state index in [0.29, 0.717) is 5.56 Å².